The van der Waals surface area contributed by atoms with E-state index in [1.807, 2.05) is 0 Å². The Morgan fingerprint density at radius 3 is 1.33 bits per heavy atom. The first kappa shape index (κ1) is 19.6. The van der Waals surface area contributed by atoms with E-state index in [9.17, 15) is 0 Å². The van der Waals surface area contributed by atoms with Gasteiger partial charge in [0, 0.05) is 11.8 Å². The Kier molecular flexibility index (Phi) is 5.84. The third-order valence-corrected chi connectivity index (χ3v) is 5.40. The van der Waals surface area contributed by atoms with Crippen LogP contribution in [0, 0.1) is 0 Å². The van der Waals surface area contributed by atoms with Crippen molar-refractivity contribution in [2.75, 3.05) is 42.3 Å². The molecule has 0 spiro atoms. The van der Waals surface area contributed by atoms with Gasteiger partial charge >= 0.3 is 0 Å². The predicted molar refractivity (Wildman–Crippen MR) is 80.2 cm³/mol. The van der Waals surface area contributed by atoms with Crippen LogP contribution in [-0.2, 0) is 0 Å². The fraction of sp³-hybridized carbons (Fsp3) is 0.647. The van der Waals surface area contributed by atoms with Gasteiger partial charge in [0.1, 0.15) is 12.1 Å². The third-order valence-electron chi connectivity index (χ3n) is 5.40. The van der Waals surface area contributed by atoms with Crippen LogP contribution in [0.5, 0.6) is 0 Å². The lowest BCUT2D eigenvalue weighted by molar-refractivity contribution is -0.911. The van der Waals surface area contributed by atoms with E-state index in [-0.39, 0.29) is 48.0 Å². The maximum Gasteiger partial charge on any atom is 0.102 e. The molecule has 0 saturated heterocycles. The molecule has 0 radical (unpaired) electrons. The van der Waals surface area contributed by atoms with Crippen molar-refractivity contribution in [1.29, 1.82) is 0 Å². The quantitative estimate of drug-likeness (QED) is 0.283. The number of benzene rings is 1. The molecule has 4 atom stereocenters. The number of rotatable bonds is 2. The molecule has 2 aliphatic rings. The van der Waals surface area contributed by atoms with Crippen molar-refractivity contribution in [1.82, 2.24) is 0 Å². The molecule has 1 fully saturated rings. The van der Waals surface area contributed by atoms with Gasteiger partial charge in [-0.05, 0) is 11.1 Å². The maximum atomic E-state index is 2.36. The van der Waals surface area contributed by atoms with Crippen molar-refractivity contribution in [2.24, 2.45) is 0 Å². The van der Waals surface area contributed by atoms with E-state index in [1.54, 1.807) is 11.1 Å². The first-order valence-corrected chi connectivity index (χ1v) is 7.42. The van der Waals surface area contributed by atoms with E-state index in [2.05, 4.69) is 66.6 Å². The second-order valence-electron chi connectivity index (χ2n) is 8.28. The van der Waals surface area contributed by atoms with Crippen molar-refractivity contribution in [3.05, 3.63) is 35.4 Å². The summed E-state index contributed by atoms with van der Waals surface area (Å²) in [6.45, 7) is 0. The summed E-state index contributed by atoms with van der Waals surface area (Å²) in [5.41, 5.74) is 3.25. The fourth-order valence-corrected chi connectivity index (χ4v) is 4.44. The average Bonchev–Trinajstić information content (AvgIpc) is 2.60. The normalized spacial score (nSPS) is 30.4. The third kappa shape index (κ3) is 3.15. The highest BCUT2D eigenvalue weighted by molar-refractivity contribution is 5.48. The van der Waals surface area contributed by atoms with Gasteiger partial charge < -0.3 is 56.9 Å². The first-order chi connectivity index (χ1) is 8.71. The molecule has 1 aromatic rings. The zero-order valence-corrected chi connectivity index (χ0v) is 18.3. The zero-order valence-electron chi connectivity index (χ0n) is 14.0. The fourth-order valence-electron chi connectivity index (χ4n) is 4.44. The summed E-state index contributed by atoms with van der Waals surface area (Å²) >= 11 is 0. The van der Waals surface area contributed by atoms with Crippen LogP contribution in [0.2, 0.25) is 0 Å². The molecule has 1 aromatic carbocycles. The highest BCUT2D eigenvalue weighted by Crippen LogP contribution is 2.59. The summed E-state index contributed by atoms with van der Waals surface area (Å²) in [5, 5.41) is 0. The molecule has 120 valence electrons. The van der Waals surface area contributed by atoms with E-state index in [4.69, 9.17) is 0 Å². The molecule has 0 aliphatic heterocycles. The molecule has 4 heteroatoms. The summed E-state index contributed by atoms with van der Waals surface area (Å²) in [7, 11) is 14.2. The Labute approximate surface area is 164 Å². The molecule has 4 unspecified atom stereocenters. The van der Waals surface area contributed by atoms with E-state index in [0.717, 1.165) is 32.9 Å². The monoisotopic (exact) mass is 514 g/mol. The number of hydrogen-bond acceptors (Lipinski definition) is 0. The van der Waals surface area contributed by atoms with Crippen LogP contribution >= 0.6 is 0 Å². The van der Waals surface area contributed by atoms with Crippen LogP contribution in [0.3, 0.4) is 0 Å². The minimum Gasteiger partial charge on any atom is -1.00 e. The average molecular weight is 514 g/mol. The molecule has 2 nitrogen and oxygen atoms in total. The van der Waals surface area contributed by atoms with Crippen LogP contribution < -0.4 is 48.0 Å². The first-order valence-electron chi connectivity index (χ1n) is 7.42. The Morgan fingerprint density at radius 1 is 0.714 bits per heavy atom. The lowest BCUT2D eigenvalue weighted by Crippen LogP contribution is -3.00. The molecule has 0 amide bonds. The Balaban J connectivity index is 0.00000110. The zero-order chi connectivity index (χ0) is 14.0. The Morgan fingerprint density at radius 2 is 1.05 bits per heavy atom. The second-order valence-corrected chi connectivity index (χ2v) is 8.28. The van der Waals surface area contributed by atoms with Crippen LogP contribution in [0.1, 0.15) is 29.4 Å². The standard InChI is InChI=1S/C17H28N2.2HI/c1-18(2,3)14-11-15(19(4,5)6)17-13-10-8-7-9-12(13)16(14)17;;/h7-10,14-17H,11H2,1-6H3;2*1H/q+2;;/p-2. The Hall–Kier alpha value is 0.600. The van der Waals surface area contributed by atoms with E-state index in [1.165, 1.54) is 6.42 Å². The summed E-state index contributed by atoms with van der Waals surface area (Å²) in [6.07, 6.45) is 1.34. The van der Waals surface area contributed by atoms with Crippen LogP contribution in [0.25, 0.3) is 0 Å². The van der Waals surface area contributed by atoms with Crippen molar-refractivity contribution < 1.29 is 56.9 Å². The van der Waals surface area contributed by atoms with Gasteiger partial charge in [0.2, 0.25) is 0 Å². The highest BCUT2D eigenvalue weighted by atomic mass is 127. The van der Waals surface area contributed by atoms with Gasteiger partial charge in [-0.3, -0.25) is 0 Å². The van der Waals surface area contributed by atoms with E-state index >= 15 is 0 Å². The Bertz CT molecular complexity index is 457. The lowest BCUT2D eigenvalue weighted by atomic mass is 9.67. The smallest absolute Gasteiger partial charge is 0.102 e. The van der Waals surface area contributed by atoms with Crippen molar-refractivity contribution in [3.63, 3.8) is 0 Å². The molecule has 3 rings (SSSR count). The van der Waals surface area contributed by atoms with E-state index in [0.29, 0.717) is 0 Å². The number of likely N-dealkylation sites (N-methyl/N-ethyl adjacent to an activating group) is 2. The minimum absolute atomic E-state index is 0. The number of nitrogens with zero attached hydrogens (tertiary/aromatic N) is 2. The molecular formula is C17H28I2N2. The van der Waals surface area contributed by atoms with Crippen molar-refractivity contribution >= 4 is 0 Å². The van der Waals surface area contributed by atoms with Crippen LogP contribution in [0.4, 0.5) is 0 Å². The van der Waals surface area contributed by atoms with Gasteiger partial charge in [0.25, 0.3) is 0 Å². The molecule has 1 saturated carbocycles. The molecular weight excluding hydrogens is 486 g/mol. The molecule has 0 heterocycles. The van der Waals surface area contributed by atoms with Gasteiger partial charge in [-0.2, -0.15) is 0 Å². The van der Waals surface area contributed by atoms with Gasteiger partial charge in [0.15, 0.2) is 0 Å². The predicted octanol–water partition coefficient (Wildman–Crippen LogP) is -3.57. The topological polar surface area (TPSA) is 0 Å². The highest BCUT2D eigenvalue weighted by Gasteiger charge is 2.60. The summed E-state index contributed by atoms with van der Waals surface area (Å²) in [4.78, 5) is 0. The molecule has 0 N–H and O–H groups in total. The van der Waals surface area contributed by atoms with Crippen LogP contribution in [0.15, 0.2) is 24.3 Å². The van der Waals surface area contributed by atoms with Gasteiger partial charge in [-0.1, -0.05) is 24.3 Å². The molecule has 0 bridgehead atoms. The van der Waals surface area contributed by atoms with Crippen molar-refractivity contribution in [2.45, 2.75) is 30.3 Å². The summed E-state index contributed by atoms with van der Waals surface area (Å²) in [5.74, 6) is 1.55. The number of hydrogen-bond donors (Lipinski definition) is 0. The number of fused-ring (bicyclic) bond motifs is 4. The maximum absolute atomic E-state index is 2.36. The van der Waals surface area contributed by atoms with Gasteiger partial charge in [0.05, 0.1) is 48.7 Å². The summed E-state index contributed by atoms with van der Waals surface area (Å²) in [6, 6.07) is 10.7. The summed E-state index contributed by atoms with van der Waals surface area (Å²) < 4.78 is 2.18. The van der Waals surface area contributed by atoms with Gasteiger partial charge in [-0.25, -0.2) is 0 Å². The second kappa shape index (κ2) is 6.24. The minimum atomic E-state index is 0. The number of quaternary nitrogens is 2. The largest absolute Gasteiger partial charge is 1.00 e. The lowest BCUT2D eigenvalue weighted by Gasteiger charge is -2.44. The SMILES string of the molecule is C[N+](C)(C)C1CC([N+](C)(C)C)C2c3ccccc3C21.[I-].[I-]. The van der Waals surface area contributed by atoms with Gasteiger partial charge in [-0.15, -0.1) is 0 Å². The molecule has 2 aliphatic carbocycles. The molecule has 0 aromatic heterocycles. The van der Waals surface area contributed by atoms with E-state index < -0.39 is 0 Å². The van der Waals surface area contributed by atoms with Crippen LogP contribution in [-0.4, -0.2) is 63.3 Å². The van der Waals surface area contributed by atoms with Crippen molar-refractivity contribution in [3.8, 4) is 0 Å². The molecule has 21 heavy (non-hydrogen) atoms. The number of halogens is 2.